The molecule has 3 rings (SSSR count). The monoisotopic (exact) mass is 626 g/mol. The predicted molar refractivity (Wildman–Crippen MR) is 171 cm³/mol. The van der Waals surface area contributed by atoms with Crippen LogP contribution in [-0.4, -0.2) is 89.0 Å². The molecule has 4 N–H and O–H groups in total. The number of likely N-dealkylation sites (N-methyl/N-ethyl adjacent to an activating group) is 1. The van der Waals surface area contributed by atoms with Gasteiger partial charge in [0.2, 0.25) is 29.5 Å². The van der Waals surface area contributed by atoms with E-state index in [9.17, 15) is 28.8 Å². The van der Waals surface area contributed by atoms with Crippen molar-refractivity contribution in [1.29, 1.82) is 0 Å². The van der Waals surface area contributed by atoms with E-state index in [1.807, 2.05) is 13.8 Å². The Kier molecular flexibility index (Phi) is 12.1. The number of piperidine rings is 1. The Balaban J connectivity index is 2.12. The summed E-state index contributed by atoms with van der Waals surface area (Å²) in [7, 11) is 1.55. The predicted octanol–water partition coefficient (Wildman–Crippen LogP) is 2.29. The summed E-state index contributed by atoms with van der Waals surface area (Å²) in [5, 5.41) is 11.1. The minimum absolute atomic E-state index is 0.0456. The van der Waals surface area contributed by atoms with Crippen LogP contribution in [0.5, 0.6) is 0 Å². The van der Waals surface area contributed by atoms with E-state index in [0.29, 0.717) is 25.8 Å². The topological polar surface area (TPSA) is 157 Å². The van der Waals surface area contributed by atoms with Crippen LogP contribution in [0, 0.1) is 17.8 Å². The van der Waals surface area contributed by atoms with Crippen LogP contribution in [0.1, 0.15) is 84.5 Å². The van der Waals surface area contributed by atoms with Crippen molar-refractivity contribution in [3.05, 3.63) is 29.8 Å². The van der Waals surface area contributed by atoms with Gasteiger partial charge in [0, 0.05) is 13.6 Å². The molecule has 6 amide bonds. The van der Waals surface area contributed by atoms with E-state index in [-0.39, 0.29) is 34.9 Å². The number of hydrogen-bond donors (Lipinski definition) is 4. The molecule has 0 spiro atoms. The molecule has 12 nitrogen and oxygen atoms in total. The number of amides is 6. The van der Waals surface area contributed by atoms with E-state index in [1.165, 1.54) is 16.7 Å². The quantitative estimate of drug-likeness (QED) is 0.402. The average molecular weight is 627 g/mol. The van der Waals surface area contributed by atoms with Crippen molar-refractivity contribution in [3.8, 4) is 0 Å². The summed E-state index contributed by atoms with van der Waals surface area (Å²) in [6.07, 6.45) is 2.20. The van der Waals surface area contributed by atoms with Crippen LogP contribution in [-0.2, 0) is 24.0 Å². The molecular formula is C33H50N6O6. The Bertz CT molecular complexity index is 1280. The third-order valence-electron chi connectivity index (χ3n) is 8.52. The molecule has 2 heterocycles. The molecule has 0 saturated carbocycles. The fraction of sp³-hybridized carbons (Fsp3) is 0.636. The Morgan fingerprint density at radius 2 is 1.38 bits per heavy atom. The molecule has 1 fully saturated rings. The highest BCUT2D eigenvalue weighted by Crippen LogP contribution is 2.26. The summed E-state index contributed by atoms with van der Waals surface area (Å²) in [6, 6.07) is 1.91. The molecule has 1 aromatic carbocycles. The molecule has 0 aliphatic carbocycles. The summed E-state index contributed by atoms with van der Waals surface area (Å²) in [4.78, 5) is 85.0. The highest BCUT2D eigenvalue weighted by atomic mass is 16.2. The molecule has 0 aromatic heterocycles. The lowest BCUT2D eigenvalue weighted by Gasteiger charge is -2.39. The maximum atomic E-state index is 14.1. The first-order chi connectivity index (χ1) is 21.1. The summed E-state index contributed by atoms with van der Waals surface area (Å²) < 4.78 is 0. The molecule has 2 aliphatic rings. The van der Waals surface area contributed by atoms with Crippen LogP contribution in [0.4, 0.5) is 5.69 Å². The van der Waals surface area contributed by atoms with Crippen molar-refractivity contribution >= 4 is 41.1 Å². The van der Waals surface area contributed by atoms with Gasteiger partial charge in [-0.15, -0.1) is 0 Å². The Morgan fingerprint density at radius 3 is 2.00 bits per heavy atom. The van der Waals surface area contributed by atoms with Crippen molar-refractivity contribution in [2.24, 2.45) is 17.8 Å². The van der Waals surface area contributed by atoms with E-state index in [4.69, 9.17) is 0 Å². The summed E-state index contributed by atoms with van der Waals surface area (Å²) in [5.41, 5.74) is 0.479. The lowest BCUT2D eigenvalue weighted by Crippen LogP contribution is -2.60. The number of anilines is 1. The van der Waals surface area contributed by atoms with Crippen molar-refractivity contribution in [1.82, 2.24) is 25.8 Å². The van der Waals surface area contributed by atoms with Crippen molar-refractivity contribution < 1.29 is 28.8 Å². The second-order valence-electron chi connectivity index (χ2n) is 13.3. The maximum absolute atomic E-state index is 14.1. The minimum Gasteiger partial charge on any atom is -0.343 e. The molecule has 2 unspecified atom stereocenters. The molecule has 45 heavy (non-hydrogen) atoms. The number of benzene rings is 1. The van der Waals surface area contributed by atoms with Crippen molar-refractivity contribution in [3.63, 3.8) is 0 Å². The number of rotatable bonds is 4. The zero-order valence-corrected chi connectivity index (χ0v) is 27.8. The Morgan fingerprint density at radius 1 is 0.778 bits per heavy atom. The number of nitrogens with zero attached hydrogens (tertiary/aromatic N) is 2. The van der Waals surface area contributed by atoms with Gasteiger partial charge < -0.3 is 31.1 Å². The SMILES string of the molecule is CC(C)CC1C(=O)N[C@@H](C)C(=O)N[C@@H](C(C)C)C(=O)NC(C(C)C)C(=O)Nc2ccccc2C(=O)N2CCCC[C@H]2C(=O)N1C. The van der Waals surface area contributed by atoms with Crippen LogP contribution in [0.2, 0.25) is 0 Å². The third kappa shape index (κ3) is 8.61. The molecule has 0 radical (unpaired) electrons. The fourth-order valence-corrected chi connectivity index (χ4v) is 5.82. The summed E-state index contributed by atoms with van der Waals surface area (Å²) in [5.74, 6) is -3.54. The first-order valence-electron chi connectivity index (χ1n) is 16.0. The summed E-state index contributed by atoms with van der Waals surface area (Å²) in [6.45, 7) is 12.8. The largest absolute Gasteiger partial charge is 0.343 e. The molecule has 0 bridgehead atoms. The van der Waals surface area contributed by atoms with Gasteiger partial charge in [0.05, 0.1) is 11.3 Å². The zero-order valence-electron chi connectivity index (χ0n) is 27.8. The van der Waals surface area contributed by atoms with Gasteiger partial charge in [-0.1, -0.05) is 53.7 Å². The fourth-order valence-electron chi connectivity index (χ4n) is 5.82. The van der Waals surface area contributed by atoms with E-state index < -0.39 is 59.7 Å². The molecule has 2 aliphatic heterocycles. The molecule has 12 heteroatoms. The molecule has 1 saturated heterocycles. The highest BCUT2D eigenvalue weighted by Gasteiger charge is 2.40. The van der Waals surface area contributed by atoms with E-state index in [1.54, 1.807) is 59.0 Å². The second kappa shape index (κ2) is 15.4. The number of nitrogens with one attached hydrogen (secondary N) is 4. The lowest BCUT2D eigenvalue weighted by molar-refractivity contribution is -0.144. The van der Waals surface area contributed by atoms with Gasteiger partial charge >= 0.3 is 0 Å². The van der Waals surface area contributed by atoms with Gasteiger partial charge in [0.1, 0.15) is 30.2 Å². The van der Waals surface area contributed by atoms with Crippen molar-refractivity contribution in [2.45, 2.75) is 104 Å². The number of carbonyl (C=O) groups excluding carboxylic acids is 6. The zero-order chi connectivity index (χ0) is 33.6. The first-order valence-corrected chi connectivity index (χ1v) is 16.0. The van der Waals surface area contributed by atoms with Crippen LogP contribution in [0.25, 0.3) is 0 Å². The number of carbonyl (C=O) groups is 6. The van der Waals surface area contributed by atoms with Gasteiger partial charge in [-0.2, -0.15) is 0 Å². The van der Waals surface area contributed by atoms with Crippen LogP contribution in [0.3, 0.4) is 0 Å². The maximum Gasteiger partial charge on any atom is 0.256 e. The van der Waals surface area contributed by atoms with Gasteiger partial charge in [0.15, 0.2) is 0 Å². The lowest BCUT2D eigenvalue weighted by atomic mass is 9.96. The van der Waals surface area contributed by atoms with Crippen LogP contribution < -0.4 is 21.3 Å². The van der Waals surface area contributed by atoms with Crippen LogP contribution >= 0.6 is 0 Å². The van der Waals surface area contributed by atoms with E-state index >= 15 is 0 Å². The van der Waals surface area contributed by atoms with Gasteiger partial charge in [-0.25, -0.2) is 0 Å². The van der Waals surface area contributed by atoms with Crippen LogP contribution in [0.15, 0.2) is 24.3 Å². The third-order valence-corrected chi connectivity index (χ3v) is 8.52. The Hall–Kier alpha value is -3.96. The average Bonchev–Trinajstić information content (AvgIpc) is 2.99. The first kappa shape index (κ1) is 35.5. The van der Waals surface area contributed by atoms with Gasteiger partial charge in [0.25, 0.3) is 5.91 Å². The highest BCUT2D eigenvalue weighted by molar-refractivity contribution is 6.07. The number of fused-ring (bicyclic) bond motifs is 2. The molecule has 1 aromatic rings. The molecule has 248 valence electrons. The Labute approximate surface area is 266 Å². The second-order valence-corrected chi connectivity index (χ2v) is 13.3. The number of para-hydroxylation sites is 1. The normalized spacial score (nSPS) is 26.3. The van der Waals surface area contributed by atoms with E-state index in [0.717, 1.165) is 6.42 Å². The minimum atomic E-state index is -1.02. The van der Waals surface area contributed by atoms with E-state index in [2.05, 4.69) is 21.3 Å². The molecule has 5 atom stereocenters. The summed E-state index contributed by atoms with van der Waals surface area (Å²) >= 11 is 0. The smallest absolute Gasteiger partial charge is 0.256 e. The standard InChI is InChI=1S/C33H50N6O6/c1-18(2)17-25-29(41)34-21(7)28(40)36-27(20(5)6)31(43)37-26(19(3)4)30(42)35-23-14-10-9-13-22(23)32(44)39-16-12-11-15-24(39)33(45)38(25)8/h9-10,13-14,18-21,24-27H,11-12,15-17H2,1-8H3,(H,34,41)(H,35,42)(H,36,40)(H,37,43)/t21-,24-,25?,26?,27-/m0/s1. The van der Waals surface area contributed by atoms with Gasteiger partial charge in [-0.05, 0) is 62.5 Å². The molecular weight excluding hydrogens is 576 g/mol. The number of hydrogen-bond acceptors (Lipinski definition) is 6. The van der Waals surface area contributed by atoms with Crippen molar-refractivity contribution in [2.75, 3.05) is 18.9 Å². The van der Waals surface area contributed by atoms with Gasteiger partial charge in [-0.3, -0.25) is 28.8 Å².